The van der Waals surface area contributed by atoms with E-state index in [0.29, 0.717) is 0 Å². The van der Waals surface area contributed by atoms with Gasteiger partial charge in [0.1, 0.15) is 0 Å². The zero-order valence-electron chi connectivity index (χ0n) is 47.9. The van der Waals surface area contributed by atoms with E-state index in [9.17, 15) is 0 Å². The van der Waals surface area contributed by atoms with E-state index in [-0.39, 0.29) is 11.8 Å². The maximum absolute atomic E-state index is 2.46. The third-order valence-corrected chi connectivity index (χ3v) is 18.9. The SMILES string of the molecule is C1=CC2c3ccccc3C(c3ccc(-c4ccccc4-c4ccccc4)cc3)(c3cccc(-c4ccc(-c5ccc(-c6cccc(-n7c8ccccc8c8cc(-c9ccc%10c(c9)c9ccccc9n%10-c9ccccc9)ccc87)c6)cc5)cc4)c3)C2C=C1. The summed E-state index contributed by atoms with van der Waals surface area (Å²) in [4.78, 5) is 0. The molecule has 2 heteroatoms. The van der Waals surface area contributed by atoms with Gasteiger partial charge in [-0.1, -0.05) is 273 Å². The predicted molar refractivity (Wildman–Crippen MR) is 365 cm³/mol. The van der Waals surface area contributed by atoms with Gasteiger partial charge >= 0.3 is 0 Å². The molecule has 3 unspecified atom stereocenters. The lowest BCUT2D eigenvalue weighted by molar-refractivity contribution is 0.457. The largest absolute Gasteiger partial charge is 0.309 e. The molecule has 15 aromatic rings. The molecule has 0 bridgehead atoms. The Balaban J connectivity index is 0.669. The Morgan fingerprint density at radius 3 is 1.31 bits per heavy atom. The van der Waals surface area contributed by atoms with Crippen LogP contribution in [0.4, 0.5) is 0 Å². The van der Waals surface area contributed by atoms with Crippen LogP contribution in [-0.2, 0) is 5.41 Å². The van der Waals surface area contributed by atoms with Crippen molar-refractivity contribution >= 4 is 43.6 Å². The summed E-state index contributed by atoms with van der Waals surface area (Å²) in [6.07, 6.45) is 9.37. The van der Waals surface area contributed by atoms with Crippen molar-refractivity contribution in [1.29, 1.82) is 0 Å². The molecule has 0 spiro atoms. The van der Waals surface area contributed by atoms with E-state index in [1.807, 2.05) is 0 Å². The van der Waals surface area contributed by atoms with Gasteiger partial charge in [-0.25, -0.2) is 0 Å². The van der Waals surface area contributed by atoms with E-state index in [0.717, 1.165) is 5.69 Å². The number of allylic oxidation sites excluding steroid dienone is 4. The molecule has 13 aromatic carbocycles. The van der Waals surface area contributed by atoms with Gasteiger partial charge in [-0.15, -0.1) is 0 Å². The van der Waals surface area contributed by atoms with Crippen LogP contribution in [0.5, 0.6) is 0 Å². The van der Waals surface area contributed by atoms with E-state index in [1.165, 1.54) is 138 Å². The van der Waals surface area contributed by atoms with Gasteiger partial charge in [-0.2, -0.15) is 0 Å². The lowest BCUT2D eigenvalue weighted by Gasteiger charge is -2.39. The summed E-state index contributed by atoms with van der Waals surface area (Å²) in [6.45, 7) is 0. The third kappa shape index (κ3) is 8.24. The quantitative estimate of drug-likeness (QED) is 0.129. The van der Waals surface area contributed by atoms with Gasteiger partial charge in [0.2, 0.25) is 0 Å². The van der Waals surface area contributed by atoms with Crippen LogP contribution in [0.25, 0.3) is 122 Å². The number of rotatable bonds is 10. The molecular formula is C85H58N2. The van der Waals surface area contributed by atoms with Crippen LogP contribution in [-0.4, -0.2) is 9.13 Å². The van der Waals surface area contributed by atoms with Crippen molar-refractivity contribution < 1.29 is 0 Å². The molecule has 2 aliphatic carbocycles. The van der Waals surface area contributed by atoms with Crippen molar-refractivity contribution in [3.8, 4) is 78.1 Å². The highest BCUT2D eigenvalue weighted by molar-refractivity contribution is 6.13. The molecular weight excluding hydrogens is 1050 g/mol. The van der Waals surface area contributed by atoms with Crippen LogP contribution in [0.2, 0.25) is 0 Å². The maximum Gasteiger partial charge on any atom is 0.0541 e. The average molecular weight is 1110 g/mol. The number of aromatic nitrogens is 2. The summed E-state index contributed by atoms with van der Waals surface area (Å²) in [7, 11) is 0. The average Bonchev–Trinajstić information content (AvgIpc) is 1.63. The fraction of sp³-hybridized carbons (Fsp3) is 0.0353. The molecule has 87 heavy (non-hydrogen) atoms. The summed E-state index contributed by atoms with van der Waals surface area (Å²) in [5, 5.41) is 4.99. The van der Waals surface area contributed by atoms with Gasteiger partial charge in [0, 0.05) is 44.8 Å². The molecule has 0 aliphatic heterocycles. The zero-order valence-corrected chi connectivity index (χ0v) is 47.9. The van der Waals surface area contributed by atoms with E-state index in [4.69, 9.17) is 0 Å². The Hall–Kier alpha value is -11.1. The molecule has 3 atom stereocenters. The highest BCUT2D eigenvalue weighted by Gasteiger charge is 2.53. The number of nitrogens with zero attached hydrogens (tertiary/aromatic N) is 2. The minimum Gasteiger partial charge on any atom is -0.309 e. The maximum atomic E-state index is 2.46. The normalized spacial score (nSPS) is 16.0. The lowest BCUT2D eigenvalue weighted by Crippen LogP contribution is -2.35. The molecule has 0 amide bonds. The molecule has 17 rings (SSSR count). The van der Waals surface area contributed by atoms with Gasteiger partial charge in [0.05, 0.1) is 27.5 Å². The van der Waals surface area contributed by atoms with Crippen LogP contribution < -0.4 is 0 Å². The third-order valence-electron chi connectivity index (χ3n) is 18.9. The standard InChI is InChI=1S/C85H58N2/c1-3-19-61(20-4-1)71-27-7-8-28-72(71)62-45-49-67(50-46-62)85(79-33-13-9-29-73(79)74-30-10-14-34-80(74)85)68-23-17-21-63(53-68)59-41-37-57(38-42-59)58-39-43-60(44-40-58)64-22-18-26-70(54-64)87-82-36-16-12-32-76(82)78-56-66(48-52-84(78)87)65-47-51-83-77(55-65)75-31-11-15-35-81(75)86(83)69-24-5-2-6-25-69/h1-56,73,79H. The summed E-state index contributed by atoms with van der Waals surface area (Å²) in [5.41, 5.74) is 26.6. The molecule has 0 saturated heterocycles. The predicted octanol–water partition coefficient (Wildman–Crippen LogP) is 22.1. The fourth-order valence-corrected chi connectivity index (χ4v) is 14.9. The Morgan fingerprint density at radius 2 is 0.678 bits per heavy atom. The second-order valence-corrected chi connectivity index (χ2v) is 23.5. The number of hydrogen-bond donors (Lipinski definition) is 0. The van der Waals surface area contributed by atoms with Crippen molar-refractivity contribution in [1.82, 2.24) is 9.13 Å². The number of hydrogen-bond acceptors (Lipinski definition) is 0. The molecule has 0 N–H and O–H groups in total. The van der Waals surface area contributed by atoms with Crippen LogP contribution in [0, 0.1) is 5.92 Å². The van der Waals surface area contributed by atoms with Crippen molar-refractivity contribution in [2.24, 2.45) is 5.92 Å². The second kappa shape index (κ2) is 20.6. The van der Waals surface area contributed by atoms with Crippen molar-refractivity contribution in [3.05, 3.63) is 362 Å². The molecule has 408 valence electrons. The first kappa shape index (κ1) is 50.5. The first-order chi connectivity index (χ1) is 43.1. The van der Waals surface area contributed by atoms with Crippen LogP contribution >= 0.6 is 0 Å². The molecule has 2 aromatic heterocycles. The Bertz CT molecular complexity index is 5190. The minimum absolute atomic E-state index is 0.211. The molecule has 2 heterocycles. The monoisotopic (exact) mass is 1110 g/mol. The summed E-state index contributed by atoms with van der Waals surface area (Å²) >= 11 is 0. The van der Waals surface area contributed by atoms with Crippen molar-refractivity contribution in [2.45, 2.75) is 11.3 Å². The summed E-state index contributed by atoms with van der Waals surface area (Å²) in [6, 6.07) is 117. The smallest absolute Gasteiger partial charge is 0.0541 e. The van der Waals surface area contributed by atoms with Gasteiger partial charge < -0.3 is 9.13 Å². The van der Waals surface area contributed by atoms with Gasteiger partial charge in [0.15, 0.2) is 0 Å². The first-order valence-corrected chi connectivity index (χ1v) is 30.4. The summed E-state index contributed by atoms with van der Waals surface area (Å²) < 4.78 is 4.81. The lowest BCUT2D eigenvalue weighted by atomic mass is 9.63. The first-order valence-electron chi connectivity index (χ1n) is 30.4. The van der Waals surface area contributed by atoms with E-state index >= 15 is 0 Å². The van der Waals surface area contributed by atoms with E-state index in [2.05, 4.69) is 349 Å². The number of fused-ring (bicyclic) bond motifs is 9. The van der Waals surface area contributed by atoms with Crippen molar-refractivity contribution in [2.75, 3.05) is 0 Å². The van der Waals surface area contributed by atoms with Crippen LogP contribution in [0.15, 0.2) is 340 Å². The topological polar surface area (TPSA) is 9.86 Å². The Kier molecular flexibility index (Phi) is 12.0. The summed E-state index contributed by atoms with van der Waals surface area (Å²) in [5.74, 6) is 0.483. The fourth-order valence-electron chi connectivity index (χ4n) is 14.9. The van der Waals surface area contributed by atoms with E-state index < -0.39 is 5.41 Å². The molecule has 0 fully saturated rings. The van der Waals surface area contributed by atoms with Gasteiger partial charge in [-0.05, 0) is 156 Å². The molecule has 2 nitrogen and oxygen atoms in total. The van der Waals surface area contributed by atoms with Gasteiger partial charge in [-0.3, -0.25) is 0 Å². The highest BCUT2D eigenvalue weighted by Crippen LogP contribution is 2.60. The van der Waals surface area contributed by atoms with E-state index in [1.54, 1.807) is 0 Å². The van der Waals surface area contributed by atoms with Gasteiger partial charge in [0.25, 0.3) is 0 Å². The molecule has 0 radical (unpaired) electrons. The second-order valence-electron chi connectivity index (χ2n) is 23.5. The zero-order chi connectivity index (χ0) is 57.4. The highest BCUT2D eigenvalue weighted by atomic mass is 15.0. The Labute approximate surface area is 507 Å². The van der Waals surface area contributed by atoms with Crippen molar-refractivity contribution in [3.63, 3.8) is 0 Å². The molecule has 0 saturated carbocycles. The minimum atomic E-state index is -0.407. The number of para-hydroxylation sites is 3. The van der Waals surface area contributed by atoms with Crippen LogP contribution in [0.3, 0.4) is 0 Å². The van der Waals surface area contributed by atoms with Crippen LogP contribution in [0.1, 0.15) is 28.2 Å². The molecule has 2 aliphatic rings. The Morgan fingerprint density at radius 1 is 0.253 bits per heavy atom. The number of benzene rings is 13.